The van der Waals surface area contributed by atoms with Gasteiger partial charge >= 0.3 is 0 Å². The van der Waals surface area contributed by atoms with E-state index >= 15 is 0 Å². The second-order valence-corrected chi connectivity index (χ2v) is 4.27. The molecule has 2 rings (SSSR count). The Labute approximate surface area is 106 Å². The molecule has 0 bridgehead atoms. The molecule has 6 heteroatoms. The fourth-order valence-corrected chi connectivity index (χ4v) is 2.10. The molecular formula is C12H17N3O3. The first kappa shape index (κ1) is 12.8. The fourth-order valence-electron chi connectivity index (χ4n) is 2.10. The van der Waals surface area contributed by atoms with Crippen molar-refractivity contribution < 1.29 is 14.6 Å². The number of hydrogen-bond acceptors (Lipinski definition) is 5. The Balaban J connectivity index is 2.20. The van der Waals surface area contributed by atoms with Crippen molar-refractivity contribution in [2.45, 2.75) is 12.1 Å². The number of amides is 1. The van der Waals surface area contributed by atoms with Gasteiger partial charge in [-0.2, -0.15) is 0 Å². The molecule has 1 fully saturated rings. The number of nitrogens with one attached hydrogen (secondary N) is 1. The van der Waals surface area contributed by atoms with Crippen LogP contribution in [0.5, 0.6) is 5.88 Å². The van der Waals surface area contributed by atoms with Gasteiger partial charge in [-0.05, 0) is 12.1 Å². The number of hydrogen-bond donors (Lipinski definition) is 2. The van der Waals surface area contributed by atoms with Crippen LogP contribution in [0.15, 0.2) is 18.3 Å². The van der Waals surface area contributed by atoms with Crippen molar-refractivity contribution >= 4 is 5.91 Å². The van der Waals surface area contributed by atoms with Crippen molar-refractivity contribution in [2.75, 3.05) is 27.2 Å². The average molecular weight is 251 g/mol. The number of rotatable bonds is 3. The highest BCUT2D eigenvalue weighted by molar-refractivity contribution is 5.96. The second-order valence-electron chi connectivity index (χ2n) is 4.27. The lowest BCUT2D eigenvalue weighted by atomic mass is 10.1. The second kappa shape index (κ2) is 5.32. The number of pyridine rings is 1. The van der Waals surface area contributed by atoms with E-state index in [0.717, 1.165) is 0 Å². The normalized spacial score (nSPS) is 22.8. The molecule has 0 aromatic carbocycles. The van der Waals surface area contributed by atoms with Gasteiger partial charge in [-0.3, -0.25) is 4.79 Å². The fraction of sp³-hybridized carbons (Fsp3) is 0.500. The third kappa shape index (κ3) is 2.30. The van der Waals surface area contributed by atoms with Crippen molar-refractivity contribution in [3.63, 3.8) is 0 Å². The minimum atomic E-state index is -0.540. The summed E-state index contributed by atoms with van der Waals surface area (Å²) in [6.45, 7) is 1.10. The lowest BCUT2D eigenvalue weighted by Crippen LogP contribution is -2.44. The van der Waals surface area contributed by atoms with E-state index in [1.165, 1.54) is 12.0 Å². The summed E-state index contributed by atoms with van der Waals surface area (Å²) < 4.78 is 5.07. The van der Waals surface area contributed by atoms with E-state index in [2.05, 4.69) is 10.3 Å². The summed E-state index contributed by atoms with van der Waals surface area (Å²) in [5, 5.41) is 12.8. The third-order valence-electron chi connectivity index (χ3n) is 3.16. The molecule has 0 saturated carbocycles. The molecule has 6 nitrogen and oxygen atoms in total. The number of ether oxygens (including phenoxy) is 1. The molecule has 0 unspecified atom stereocenters. The van der Waals surface area contributed by atoms with Gasteiger partial charge in [0.1, 0.15) is 5.56 Å². The smallest absolute Gasteiger partial charge is 0.259 e. The molecule has 1 aliphatic rings. The van der Waals surface area contributed by atoms with Crippen molar-refractivity contribution in [3.8, 4) is 5.88 Å². The van der Waals surface area contributed by atoms with Crippen molar-refractivity contribution in [2.24, 2.45) is 0 Å². The quantitative estimate of drug-likeness (QED) is 0.757. The summed E-state index contributed by atoms with van der Waals surface area (Å²) in [7, 11) is 3.15. The maximum absolute atomic E-state index is 12.3. The van der Waals surface area contributed by atoms with Gasteiger partial charge in [0.15, 0.2) is 0 Å². The lowest BCUT2D eigenvalue weighted by molar-refractivity contribution is 0.0577. The van der Waals surface area contributed by atoms with Crippen LogP contribution in [0.2, 0.25) is 0 Å². The zero-order chi connectivity index (χ0) is 13.1. The number of aliphatic hydroxyl groups excluding tert-OH is 1. The van der Waals surface area contributed by atoms with E-state index in [9.17, 15) is 9.90 Å². The van der Waals surface area contributed by atoms with Gasteiger partial charge in [0, 0.05) is 26.3 Å². The summed E-state index contributed by atoms with van der Waals surface area (Å²) in [5.74, 6) is 0.0995. The molecule has 1 aromatic heterocycles. The van der Waals surface area contributed by atoms with E-state index in [1.807, 2.05) is 0 Å². The van der Waals surface area contributed by atoms with Crippen molar-refractivity contribution in [1.82, 2.24) is 15.2 Å². The summed E-state index contributed by atoms with van der Waals surface area (Å²) in [4.78, 5) is 17.9. The average Bonchev–Trinajstić information content (AvgIpc) is 2.83. The molecule has 2 atom stereocenters. The van der Waals surface area contributed by atoms with E-state index in [4.69, 9.17) is 4.74 Å². The number of β-amino-alcohol motifs (C(OH)–C–C–N with tert-alkyl or cyclic N) is 1. The Kier molecular flexibility index (Phi) is 3.78. The highest BCUT2D eigenvalue weighted by Crippen LogP contribution is 2.18. The Hall–Kier alpha value is -1.66. The standard InChI is InChI=1S/C12H17N3O3/c1-15(9-6-13-7-10(9)16)12(17)8-4-3-5-14-11(8)18-2/h3-5,9-10,13,16H,6-7H2,1-2H3/t9-,10-/m0/s1. The monoisotopic (exact) mass is 251 g/mol. The molecule has 2 heterocycles. The molecule has 0 radical (unpaired) electrons. The number of aliphatic hydroxyl groups is 1. The van der Waals surface area contributed by atoms with Crippen LogP contribution in [0.4, 0.5) is 0 Å². The lowest BCUT2D eigenvalue weighted by Gasteiger charge is -2.26. The molecule has 0 spiro atoms. The van der Waals surface area contributed by atoms with Crippen LogP contribution in [-0.4, -0.2) is 60.3 Å². The third-order valence-corrected chi connectivity index (χ3v) is 3.16. The topological polar surface area (TPSA) is 74.7 Å². The SMILES string of the molecule is COc1ncccc1C(=O)N(C)[C@H]1CNC[C@@H]1O. The molecule has 2 N–H and O–H groups in total. The zero-order valence-corrected chi connectivity index (χ0v) is 10.5. The molecule has 98 valence electrons. The van der Waals surface area contributed by atoms with E-state index in [-0.39, 0.29) is 11.9 Å². The van der Waals surface area contributed by atoms with Gasteiger partial charge in [-0.15, -0.1) is 0 Å². The molecule has 0 aliphatic carbocycles. The van der Waals surface area contributed by atoms with Crippen LogP contribution >= 0.6 is 0 Å². The van der Waals surface area contributed by atoms with Gasteiger partial charge in [-0.1, -0.05) is 0 Å². The predicted octanol–water partition coefficient (Wildman–Crippen LogP) is -0.505. The van der Waals surface area contributed by atoms with Gasteiger partial charge in [0.05, 0.1) is 19.3 Å². The highest BCUT2D eigenvalue weighted by Gasteiger charge is 2.32. The van der Waals surface area contributed by atoms with E-state index in [1.54, 1.807) is 25.4 Å². The number of carbonyl (C=O) groups is 1. The van der Waals surface area contributed by atoms with Crippen LogP contribution in [0.25, 0.3) is 0 Å². The Morgan fingerprint density at radius 2 is 2.39 bits per heavy atom. The molecular weight excluding hydrogens is 234 g/mol. The summed E-state index contributed by atoms with van der Waals surface area (Å²) in [6, 6.07) is 3.13. The zero-order valence-electron chi connectivity index (χ0n) is 10.5. The Morgan fingerprint density at radius 3 is 3.00 bits per heavy atom. The van der Waals surface area contributed by atoms with Gasteiger partial charge in [0.25, 0.3) is 5.91 Å². The van der Waals surface area contributed by atoms with Crippen LogP contribution < -0.4 is 10.1 Å². The molecule has 1 aliphatic heterocycles. The summed E-state index contributed by atoms with van der Waals surface area (Å²) >= 11 is 0. The maximum Gasteiger partial charge on any atom is 0.259 e. The van der Waals surface area contributed by atoms with E-state index in [0.29, 0.717) is 24.5 Å². The van der Waals surface area contributed by atoms with Crippen LogP contribution in [0.1, 0.15) is 10.4 Å². The Bertz CT molecular complexity index is 438. The Morgan fingerprint density at radius 1 is 1.61 bits per heavy atom. The van der Waals surface area contributed by atoms with E-state index < -0.39 is 6.10 Å². The van der Waals surface area contributed by atoms with Gasteiger partial charge < -0.3 is 20.1 Å². The van der Waals surface area contributed by atoms with Crippen LogP contribution in [0.3, 0.4) is 0 Å². The predicted molar refractivity (Wildman–Crippen MR) is 65.5 cm³/mol. The number of carbonyl (C=O) groups excluding carboxylic acids is 1. The number of likely N-dealkylation sites (N-methyl/N-ethyl adjacent to an activating group) is 1. The van der Waals surface area contributed by atoms with Gasteiger partial charge in [0.2, 0.25) is 5.88 Å². The molecule has 1 amide bonds. The molecule has 1 aromatic rings. The molecule has 18 heavy (non-hydrogen) atoms. The van der Waals surface area contributed by atoms with Crippen LogP contribution in [0, 0.1) is 0 Å². The minimum Gasteiger partial charge on any atom is -0.480 e. The largest absolute Gasteiger partial charge is 0.480 e. The summed E-state index contributed by atoms with van der Waals surface area (Å²) in [5.41, 5.74) is 0.404. The highest BCUT2D eigenvalue weighted by atomic mass is 16.5. The van der Waals surface area contributed by atoms with Crippen molar-refractivity contribution in [1.29, 1.82) is 0 Å². The van der Waals surface area contributed by atoms with Crippen molar-refractivity contribution in [3.05, 3.63) is 23.9 Å². The number of nitrogens with zero attached hydrogens (tertiary/aromatic N) is 2. The summed E-state index contributed by atoms with van der Waals surface area (Å²) in [6.07, 6.45) is 1.03. The minimum absolute atomic E-state index is 0.201. The number of methoxy groups -OCH3 is 1. The number of aromatic nitrogens is 1. The molecule has 1 saturated heterocycles. The first-order chi connectivity index (χ1) is 8.65. The van der Waals surface area contributed by atoms with Crippen LogP contribution in [-0.2, 0) is 0 Å². The first-order valence-corrected chi connectivity index (χ1v) is 5.80. The maximum atomic E-state index is 12.3. The van der Waals surface area contributed by atoms with Gasteiger partial charge in [-0.25, -0.2) is 4.98 Å². The first-order valence-electron chi connectivity index (χ1n) is 5.80.